The highest BCUT2D eigenvalue weighted by molar-refractivity contribution is 5.95. The van der Waals surface area contributed by atoms with Gasteiger partial charge in [-0.1, -0.05) is 11.3 Å². The Bertz CT molecular complexity index is 1220. The number of rotatable bonds is 6. The molecule has 0 fully saturated rings. The average Bonchev–Trinajstić information content (AvgIpc) is 3.21. The molecule has 0 saturated heterocycles. The van der Waals surface area contributed by atoms with Gasteiger partial charge >= 0.3 is 0 Å². The molecule has 0 bridgehead atoms. The molecule has 0 saturated carbocycles. The Morgan fingerprint density at radius 3 is 2.77 bits per heavy atom. The predicted octanol–water partition coefficient (Wildman–Crippen LogP) is 3.07. The molecule has 8 heteroatoms. The maximum atomic E-state index is 12.8. The first-order valence-electron chi connectivity index (χ1n) is 9.37. The number of pyridine rings is 1. The van der Waals surface area contributed by atoms with Crippen molar-refractivity contribution in [2.75, 3.05) is 14.2 Å². The zero-order chi connectivity index (χ0) is 21.1. The lowest BCUT2D eigenvalue weighted by Gasteiger charge is -2.12. The lowest BCUT2D eigenvalue weighted by Crippen LogP contribution is -2.23. The number of benzene rings is 2. The van der Waals surface area contributed by atoms with Gasteiger partial charge in [-0.2, -0.15) is 4.68 Å². The van der Waals surface area contributed by atoms with E-state index in [9.17, 15) is 4.79 Å². The summed E-state index contributed by atoms with van der Waals surface area (Å²) in [5, 5.41) is 11.3. The predicted molar refractivity (Wildman–Crippen MR) is 112 cm³/mol. The topological polar surface area (TPSA) is 91.2 Å². The zero-order valence-electron chi connectivity index (χ0n) is 16.9. The van der Waals surface area contributed by atoms with Crippen LogP contribution in [0.25, 0.3) is 16.9 Å². The molecule has 30 heavy (non-hydrogen) atoms. The summed E-state index contributed by atoms with van der Waals surface area (Å²) in [4.78, 5) is 17.2. The summed E-state index contributed by atoms with van der Waals surface area (Å²) in [6, 6.07) is 14.6. The van der Waals surface area contributed by atoms with E-state index < -0.39 is 0 Å². The van der Waals surface area contributed by atoms with Gasteiger partial charge in [-0.05, 0) is 55.0 Å². The Morgan fingerprint density at radius 1 is 1.10 bits per heavy atom. The number of nitrogens with one attached hydrogen (secondary N) is 1. The number of fused-ring (bicyclic) bond motifs is 1. The van der Waals surface area contributed by atoms with Gasteiger partial charge in [0.15, 0.2) is 5.65 Å². The van der Waals surface area contributed by atoms with Crippen LogP contribution in [-0.2, 0) is 6.54 Å². The number of nitrogens with zero attached hydrogens (tertiary/aromatic N) is 4. The molecular formula is C22H21N5O3. The summed E-state index contributed by atoms with van der Waals surface area (Å²) in [5.74, 6) is 1.17. The minimum absolute atomic E-state index is 0.210. The Labute approximate surface area is 173 Å². The largest absolute Gasteiger partial charge is 0.497 e. The van der Waals surface area contributed by atoms with E-state index in [1.807, 2.05) is 43.3 Å². The van der Waals surface area contributed by atoms with E-state index in [1.165, 1.54) is 0 Å². The summed E-state index contributed by atoms with van der Waals surface area (Å²) in [6.07, 6.45) is 1.69. The average molecular weight is 403 g/mol. The molecule has 1 N–H and O–H groups in total. The van der Waals surface area contributed by atoms with E-state index in [4.69, 9.17) is 9.47 Å². The molecule has 0 unspecified atom stereocenters. The summed E-state index contributed by atoms with van der Waals surface area (Å²) in [6.45, 7) is 2.25. The van der Waals surface area contributed by atoms with E-state index in [-0.39, 0.29) is 5.91 Å². The third-order valence-corrected chi connectivity index (χ3v) is 4.84. The highest BCUT2D eigenvalue weighted by Gasteiger charge is 2.14. The van der Waals surface area contributed by atoms with Crippen molar-refractivity contribution in [2.24, 2.45) is 0 Å². The van der Waals surface area contributed by atoms with E-state index in [0.29, 0.717) is 34.8 Å². The first-order chi connectivity index (χ1) is 14.6. The fraction of sp³-hybridized carbons (Fsp3) is 0.182. The van der Waals surface area contributed by atoms with Crippen molar-refractivity contribution < 1.29 is 14.3 Å². The Hall–Kier alpha value is -3.94. The van der Waals surface area contributed by atoms with Crippen LogP contribution in [0.3, 0.4) is 0 Å². The Morgan fingerprint density at radius 2 is 1.97 bits per heavy atom. The number of hydrogen-bond acceptors (Lipinski definition) is 6. The summed E-state index contributed by atoms with van der Waals surface area (Å²) in [7, 11) is 3.19. The lowest BCUT2D eigenvalue weighted by molar-refractivity contribution is 0.0950. The van der Waals surface area contributed by atoms with Crippen molar-refractivity contribution >= 4 is 17.1 Å². The number of amides is 1. The number of hydrogen-bond donors (Lipinski definition) is 1. The van der Waals surface area contributed by atoms with Gasteiger partial charge in [-0.15, -0.1) is 5.10 Å². The van der Waals surface area contributed by atoms with Crippen LogP contribution in [0.5, 0.6) is 11.5 Å². The normalized spacial score (nSPS) is 10.8. The molecule has 0 aliphatic rings. The SMILES string of the molecule is COc1ccc(OC)c(CNC(=O)c2ccc(C)c(-n3nnc4cccnc43)c2)c1. The molecule has 8 nitrogen and oxygen atoms in total. The molecule has 0 aliphatic carbocycles. The second-order valence-corrected chi connectivity index (χ2v) is 6.71. The Balaban J connectivity index is 1.59. The number of aromatic nitrogens is 4. The zero-order valence-corrected chi connectivity index (χ0v) is 16.9. The number of methoxy groups -OCH3 is 2. The van der Waals surface area contributed by atoms with E-state index in [0.717, 1.165) is 16.8 Å². The van der Waals surface area contributed by atoms with Crippen molar-refractivity contribution in [1.82, 2.24) is 25.3 Å². The number of aryl methyl sites for hydroxylation is 1. The summed E-state index contributed by atoms with van der Waals surface area (Å²) >= 11 is 0. The van der Waals surface area contributed by atoms with Crippen molar-refractivity contribution in [1.29, 1.82) is 0 Å². The van der Waals surface area contributed by atoms with Gasteiger partial charge in [0, 0.05) is 23.9 Å². The van der Waals surface area contributed by atoms with Crippen LogP contribution in [0.4, 0.5) is 0 Å². The molecule has 2 heterocycles. The highest BCUT2D eigenvalue weighted by Crippen LogP contribution is 2.24. The molecule has 0 spiro atoms. The third-order valence-electron chi connectivity index (χ3n) is 4.84. The number of carbonyl (C=O) groups excluding carboxylic acids is 1. The van der Waals surface area contributed by atoms with Crippen molar-refractivity contribution in [3.63, 3.8) is 0 Å². The first-order valence-corrected chi connectivity index (χ1v) is 9.37. The van der Waals surface area contributed by atoms with Gasteiger partial charge in [-0.3, -0.25) is 4.79 Å². The van der Waals surface area contributed by atoms with Crippen LogP contribution in [-0.4, -0.2) is 40.1 Å². The van der Waals surface area contributed by atoms with Crippen molar-refractivity contribution in [3.05, 3.63) is 71.4 Å². The van der Waals surface area contributed by atoms with E-state index >= 15 is 0 Å². The monoisotopic (exact) mass is 403 g/mol. The molecule has 0 atom stereocenters. The minimum atomic E-state index is -0.210. The smallest absolute Gasteiger partial charge is 0.251 e. The van der Waals surface area contributed by atoms with Crippen molar-refractivity contribution in [2.45, 2.75) is 13.5 Å². The maximum absolute atomic E-state index is 12.8. The van der Waals surface area contributed by atoms with Crippen LogP contribution in [0.2, 0.25) is 0 Å². The first kappa shape index (κ1) is 19.4. The molecular weight excluding hydrogens is 382 g/mol. The van der Waals surface area contributed by atoms with Crippen LogP contribution >= 0.6 is 0 Å². The van der Waals surface area contributed by atoms with E-state index in [2.05, 4.69) is 20.6 Å². The van der Waals surface area contributed by atoms with Gasteiger partial charge in [0.25, 0.3) is 5.91 Å². The standard InChI is InChI=1S/C22H21N5O3/c1-14-6-7-15(12-19(14)27-21-18(25-26-27)5-4-10-23-21)22(28)24-13-16-11-17(29-2)8-9-20(16)30-3/h4-12H,13H2,1-3H3,(H,24,28). The van der Waals surface area contributed by atoms with E-state index in [1.54, 1.807) is 37.2 Å². The summed E-state index contributed by atoms with van der Waals surface area (Å²) in [5.41, 5.74) is 4.37. The molecule has 4 rings (SSSR count). The molecule has 1 amide bonds. The van der Waals surface area contributed by atoms with Crippen LogP contribution in [0.1, 0.15) is 21.5 Å². The number of carbonyl (C=O) groups is 1. The highest BCUT2D eigenvalue weighted by atomic mass is 16.5. The third kappa shape index (κ3) is 3.67. The van der Waals surface area contributed by atoms with Crippen LogP contribution < -0.4 is 14.8 Å². The van der Waals surface area contributed by atoms with Gasteiger partial charge < -0.3 is 14.8 Å². The molecule has 152 valence electrons. The van der Waals surface area contributed by atoms with Gasteiger partial charge in [-0.25, -0.2) is 4.98 Å². The maximum Gasteiger partial charge on any atom is 0.251 e. The molecule has 4 aromatic rings. The fourth-order valence-electron chi connectivity index (χ4n) is 3.20. The molecule has 2 aromatic carbocycles. The summed E-state index contributed by atoms with van der Waals surface area (Å²) < 4.78 is 12.3. The van der Waals surface area contributed by atoms with Gasteiger partial charge in [0.05, 0.1) is 19.9 Å². The molecule has 2 aromatic heterocycles. The quantitative estimate of drug-likeness (QED) is 0.532. The molecule has 0 radical (unpaired) electrons. The lowest BCUT2D eigenvalue weighted by atomic mass is 10.1. The van der Waals surface area contributed by atoms with Crippen molar-refractivity contribution in [3.8, 4) is 17.2 Å². The second-order valence-electron chi connectivity index (χ2n) is 6.71. The minimum Gasteiger partial charge on any atom is -0.497 e. The second kappa shape index (κ2) is 8.20. The van der Waals surface area contributed by atoms with Gasteiger partial charge in [0.1, 0.15) is 17.0 Å². The number of ether oxygens (including phenoxy) is 2. The molecule has 0 aliphatic heterocycles. The van der Waals surface area contributed by atoms with Crippen LogP contribution in [0, 0.1) is 6.92 Å². The van der Waals surface area contributed by atoms with Gasteiger partial charge in [0.2, 0.25) is 0 Å². The Kier molecular flexibility index (Phi) is 5.30. The fourth-order valence-corrected chi connectivity index (χ4v) is 3.20. The van der Waals surface area contributed by atoms with Crippen LogP contribution in [0.15, 0.2) is 54.7 Å².